The normalized spacial score (nSPS) is 12.9. The lowest BCUT2D eigenvalue weighted by Gasteiger charge is -2.20. The van der Waals surface area contributed by atoms with Gasteiger partial charge in [0.2, 0.25) is 0 Å². The molecule has 0 aromatic carbocycles. The van der Waals surface area contributed by atoms with Gasteiger partial charge in [-0.1, -0.05) is 0 Å². The Morgan fingerprint density at radius 2 is 1.33 bits per heavy atom. The van der Waals surface area contributed by atoms with Gasteiger partial charge in [-0.3, -0.25) is 4.79 Å². The average Bonchev–Trinajstić information content (AvgIpc) is 2.13. The third kappa shape index (κ3) is 8.06. The Kier molecular flexibility index (Phi) is 7.59. The maximum Gasteiger partial charge on any atom is 0.336 e. The zero-order chi connectivity index (χ0) is 14.3. The van der Waals surface area contributed by atoms with Gasteiger partial charge in [0.05, 0.1) is 24.7 Å². The second kappa shape index (κ2) is 8.08. The van der Waals surface area contributed by atoms with E-state index in [1.807, 2.05) is 0 Å². The van der Waals surface area contributed by atoms with E-state index in [1.165, 1.54) is 0 Å². The summed E-state index contributed by atoms with van der Waals surface area (Å²) in [7, 11) is 0. The zero-order valence-electron chi connectivity index (χ0n) is 12.1. The van der Waals surface area contributed by atoms with E-state index in [9.17, 15) is 9.59 Å². The summed E-state index contributed by atoms with van der Waals surface area (Å²) in [5.74, 6) is -0.990. The summed E-state index contributed by atoms with van der Waals surface area (Å²) < 4.78 is 15.4. The summed E-state index contributed by atoms with van der Waals surface area (Å²) in [6.45, 7) is 10.6. The molecule has 0 aliphatic carbocycles. The van der Waals surface area contributed by atoms with Crippen molar-refractivity contribution in [3.63, 3.8) is 0 Å². The van der Waals surface area contributed by atoms with Gasteiger partial charge < -0.3 is 14.2 Å². The summed E-state index contributed by atoms with van der Waals surface area (Å²) in [5.41, 5.74) is 0. The Hall–Kier alpha value is -1.10. The second-order valence-electron chi connectivity index (χ2n) is 4.90. The molecular formula is C13H24O5. The van der Waals surface area contributed by atoms with Crippen molar-refractivity contribution in [2.75, 3.05) is 0 Å². The molecule has 0 saturated carbocycles. The number of ether oxygens (including phenoxy) is 3. The molecule has 1 unspecified atom stereocenters. The highest BCUT2D eigenvalue weighted by molar-refractivity contribution is 5.82. The molecule has 0 N–H and O–H groups in total. The van der Waals surface area contributed by atoms with Gasteiger partial charge in [0.1, 0.15) is 0 Å². The molecule has 0 heterocycles. The summed E-state index contributed by atoms with van der Waals surface area (Å²) in [6, 6.07) is 0. The number of hydrogen-bond acceptors (Lipinski definition) is 5. The van der Waals surface area contributed by atoms with Crippen molar-refractivity contribution in [2.45, 2.75) is 72.4 Å². The lowest BCUT2D eigenvalue weighted by molar-refractivity contribution is -0.170. The van der Waals surface area contributed by atoms with Crippen molar-refractivity contribution in [3.05, 3.63) is 0 Å². The maximum absolute atomic E-state index is 11.8. The molecule has 5 heteroatoms. The average molecular weight is 260 g/mol. The number of carbonyl (C=O) groups is 2. The van der Waals surface area contributed by atoms with Crippen LogP contribution in [0.25, 0.3) is 0 Å². The number of esters is 2. The summed E-state index contributed by atoms with van der Waals surface area (Å²) >= 11 is 0. The Morgan fingerprint density at radius 1 is 0.833 bits per heavy atom. The van der Waals surface area contributed by atoms with E-state index in [0.717, 1.165) is 0 Å². The molecule has 0 radical (unpaired) electrons. The number of hydrogen-bond donors (Lipinski definition) is 0. The lowest BCUT2D eigenvalue weighted by Crippen LogP contribution is -2.34. The van der Waals surface area contributed by atoms with Gasteiger partial charge in [-0.05, 0) is 41.5 Å². The van der Waals surface area contributed by atoms with E-state index in [2.05, 4.69) is 0 Å². The first-order valence-corrected chi connectivity index (χ1v) is 6.27. The zero-order valence-corrected chi connectivity index (χ0v) is 12.1. The molecule has 0 aromatic rings. The third-order valence-corrected chi connectivity index (χ3v) is 1.77. The highest BCUT2D eigenvalue weighted by Crippen LogP contribution is 2.09. The van der Waals surface area contributed by atoms with E-state index in [1.54, 1.807) is 41.5 Å². The van der Waals surface area contributed by atoms with Crippen LogP contribution in [0.4, 0.5) is 0 Å². The molecule has 0 rings (SSSR count). The Morgan fingerprint density at radius 3 is 1.72 bits per heavy atom. The van der Waals surface area contributed by atoms with Crippen LogP contribution in [-0.4, -0.2) is 36.4 Å². The van der Waals surface area contributed by atoms with Crippen LogP contribution in [0.2, 0.25) is 0 Å². The van der Waals surface area contributed by atoms with Crippen molar-refractivity contribution in [1.29, 1.82) is 0 Å². The van der Waals surface area contributed by atoms with Crippen LogP contribution >= 0.6 is 0 Å². The van der Waals surface area contributed by atoms with Crippen molar-refractivity contribution in [3.8, 4) is 0 Å². The van der Waals surface area contributed by atoms with Crippen LogP contribution in [0.15, 0.2) is 0 Å². The van der Waals surface area contributed by atoms with Crippen molar-refractivity contribution in [1.82, 2.24) is 0 Å². The molecule has 0 amide bonds. The molecule has 106 valence electrons. The second-order valence-corrected chi connectivity index (χ2v) is 4.90. The van der Waals surface area contributed by atoms with E-state index in [0.29, 0.717) is 0 Å². The maximum atomic E-state index is 11.8. The SMILES string of the molecule is CC(C)OC(=O)CC(OC(C)C)C(=O)OC(C)C. The topological polar surface area (TPSA) is 61.8 Å². The van der Waals surface area contributed by atoms with E-state index in [-0.39, 0.29) is 24.7 Å². The Bertz CT molecular complexity index is 271. The van der Waals surface area contributed by atoms with Gasteiger partial charge in [0.25, 0.3) is 0 Å². The number of rotatable bonds is 7. The monoisotopic (exact) mass is 260 g/mol. The summed E-state index contributed by atoms with van der Waals surface area (Å²) in [6.07, 6.45) is -1.64. The fourth-order valence-corrected chi connectivity index (χ4v) is 1.29. The quantitative estimate of drug-likeness (QED) is 0.656. The Balaban J connectivity index is 4.48. The first kappa shape index (κ1) is 16.9. The van der Waals surface area contributed by atoms with Crippen LogP contribution in [-0.2, 0) is 23.8 Å². The van der Waals surface area contributed by atoms with Gasteiger partial charge >= 0.3 is 11.9 Å². The predicted molar refractivity (Wildman–Crippen MR) is 67.1 cm³/mol. The minimum absolute atomic E-state index is 0.123. The first-order valence-electron chi connectivity index (χ1n) is 6.27. The minimum atomic E-state index is -0.904. The highest BCUT2D eigenvalue weighted by atomic mass is 16.6. The van der Waals surface area contributed by atoms with E-state index >= 15 is 0 Å². The van der Waals surface area contributed by atoms with E-state index in [4.69, 9.17) is 14.2 Å². The van der Waals surface area contributed by atoms with Crippen LogP contribution < -0.4 is 0 Å². The van der Waals surface area contributed by atoms with Gasteiger partial charge in [0, 0.05) is 0 Å². The first-order chi connectivity index (χ1) is 8.22. The van der Waals surface area contributed by atoms with Gasteiger partial charge in [-0.2, -0.15) is 0 Å². The van der Waals surface area contributed by atoms with Crippen LogP contribution in [0.5, 0.6) is 0 Å². The number of carbonyl (C=O) groups excluding carboxylic acids is 2. The summed E-state index contributed by atoms with van der Waals surface area (Å²) in [5, 5.41) is 0. The van der Waals surface area contributed by atoms with Crippen LogP contribution in [0.1, 0.15) is 48.0 Å². The molecular weight excluding hydrogens is 236 g/mol. The fraction of sp³-hybridized carbons (Fsp3) is 0.846. The van der Waals surface area contributed by atoms with Crippen LogP contribution in [0.3, 0.4) is 0 Å². The smallest absolute Gasteiger partial charge is 0.336 e. The van der Waals surface area contributed by atoms with Crippen molar-refractivity contribution >= 4 is 11.9 Å². The molecule has 18 heavy (non-hydrogen) atoms. The molecule has 0 fully saturated rings. The van der Waals surface area contributed by atoms with Gasteiger partial charge in [-0.25, -0.2) is 4.79 Å². The molecule has 0 bridgehead atoms. The molecule has 0 aliphatic heterocycles. The van der Waals surface area contributed by atoms with Gasteiger partial charge in [0.15, 0.2) is 6.10 Å². The third-order valence-electron chi connectivity index (χ3n) is 1.77. The van der Waals surface area contributed by atoms with Crippen LogP contribution in [0, 0.1) is 0 Å². The molecule has 1 atom stereocenters. The Labute approximate surface area is 109 Å². The molecule has 0 spiro atoms. The van der Waals surface area contributed by atoms with Crippen molar-refractivity contribution < 1.29 is 23.8 Å². The molecule has 5 nitrogen and oxygen atoms in total. The van der Waals surface area contributed by atoms with E-state index < -0.39 is 18.0 Å². The lowest BCUT2D eigenvalue weighted by atomic mass is 10.2. The molecule has 0 aromatic heterocycles. The molecule has 0 saturated heterocycles. The largest absolute Gasteiger partial charge is 0.463 e. The minimum Gasteiger partial charge on any atom is -0.463 e. The highest BCUT2D eigenvalue weighted by Gasteiger charge is 2.27. The summed E-state index contributed by atoms with van der Waals surface area (Å²) in [4.78, 5) is 23.3. The fourth-order valence-electron chi connectivity index (χ4n) is 1.29. The standard InChI is InChI=1S/C13H24O5/c1-8(2)16-11(13(15)18-10(5)6)7-12(14)17-9(3)4/h8-11H,7H2,1-6H3. The van der Waals surface area contributed by atoms with Gasteiger partial charge in [-0.15, -0.1) is 0 Å². The van der Waals surface area contributed by atoms with Crippen molar-refractivity contribution in [2.24, 2.45) is 0 Å². The predicted octanol–water partition coefficient (Wildman–Crippen LogP) is 2.07. The molecule has 0 aliphatic rings.